The molecule has 0 fully saturated rings. The summed E-state index contributed by atoms with van der Waals surface area (Å²) in [5.41, 5.74) is 0. The average molecular weight is 264 g/mol. The Balaban J connectivity index is 4.33. The zero-order chi connectivity index (χ0) is 11.0. The fourth-order valence-electron chi connectivity index (χ4n) is 0.752. The van der Waals surface area contributed by atoms with Gasteiger partial charge in [-0.25, -0.2) is 0 Å². The van der Waals surface area contributed by atoms with E-state index in [1.165, 1.54) is 0 Å². The fourth-order valence-corrected chi connectivity index (χ4v) is 1.96. The fraction of sp³-hybridized carbons (Fsp3) is 0.625. The van der Waals surface area contributed by atoms with Crippen molar-refractivity contribution >= 4 is 32.8 Å². The van der Waals surface area contributed by atoms with Gasteiger partial charge < -0.3 is 0 Å². The molecule has 0 aliphatic rings. The predicted octanol–water partition coefficient (Wildman–Crippen LogP) is -0.472. The number of carbonyl (C=O) groups excluding carboxylic acids is 3. The van der Waals surface area contributed by atoms with E-state index >= 15 is 0 Å². The number of esters is 2. The van der Waals surface area contributed by atoms with Crippen molar-refractivity contribution in [3.8, 4) is 0 Å². The summed E-state index contributed by atoms with van der Waals surface area (Å²) in [5, 5.41) is 0.624. The van der Waals surface area contributed by atoms with E-state index in [2.05, 4.69) is 9.47 Å². The molecule has 80 valence electrons. The molecule has 0 amide bonds. The second-order valence-electron chi connectivity index (χ2n) is 2.22. The van der Waals surface area contributed by atoms with Crippen LogP contribution < -0.4 is 0 Å². The van der Waals surface area contributed by atoms with E-state index in [9.17, 15) is 14.4 Å². The van der Waals surface area contributed by atoms with Gasteiger partial charge in [0.2, 0.25) is 0 Å². The molecule has 14 heavy (non-hydrogen) atoms. The van der Waals surface area contributed by atoms with Crippen LogP contribution in [0.5, 0.6) is 0 Å². The molecule has 0 aromatic rings. The van der Waals surface area contributed by atoms with Crippen LogP contribution >= 0.6 is 0 Å². The molecule has 0 aromatic heterocycles. The Labute approximate surface area is 88.8 Å². The summed E-state index contributed by atoms with van der Waals surface area (Å²) in [6.45, 7) is 3.67. The topological polar surface area (TPSA) is 69.7 Å². The molecule has 1 unspecified atom stereocenters. The molecule has 0 aliphatic heterocycles. The van der Waals surface area contributed by atoms with Crippen LogP contribution in [0.2, 0.25) is 4.71 Å². The normalized spacial score (nSPS) is 10.5. The van der Waals surface area contributed by atoms with Gasteiger partial charge in [-0.15, -0.1) is 0 Å². The molecule has 0 heterocycles. The Bertz CT molecular complexity index is 198. The molecule has 0 saturated carbocycles. The van der Waals surface area contributed by atoms with E-state index in [0.717, 1.165) is 0 Å². The minimum atomic E-state index is -1.31. The number of rotatable bonds is 6. The summed E-state index contributed by atoms with van der Waals surface area (Å²) < 4.78 is 8.32. The Kier molecular flexibility index (Phi) is 7.11. The van der Waals surface area contributed by atoms with Crippen LogP contribution in [-0.2, 0) is 23.9 Å². The molecular weight excluding hydrogens is 251 g/mol. The van der Waals surface area contributed by atoms with Crippen molar-refractivity contribution in [2.24, 2.45) is 0 Å². The van der Waals surface area contributed by atoms with Crippen molar-refractivity contribution in [2.45, 2.75) is 18.6 Å². The van der Waals surface area contributed by atoms with Gasteiger partial charge >= 0.3 is 88.4 Å². The van der Waals surface area contributed by atoms with Gasteiger partial charge in [0.05, 0.1) is 0 Å². The van der Waals surface area contributed by atoms with Crippen LogP contribution in [0, 0.1) is 0 Å². The summed E-state index contributed by atoms with van der Waals surface area (Å²) in [4.78, 5) is 32.7. The Hall–Kier alpha value is -0.832. The first-order valence-corrected chi connectivity index (χ1v) is 6.62. The first kappa shape index (κ1) is 13.2. The number of hydrogen-bond acceptors (Lipinski definition) is 5. The van der Waals surface area contributed by atoms with Crippen LogP contribution in [-0.4, -0.2) is 46.0 Å². The zero-order valence-corrected chi connectivity index (χ0v) is 10.2. The van der Waals surface area contributed by atoms with Gasteiger partial charge in [0.25, 0.3) is 0 Å². The molecule has 0 aromatic carbocycles. The van der Waals surface area contributed by atoms with E-state index < -0.39 is 32.4 Å². The number of hydrogen-bond donors (Lipinski definition) is 0. The van der Waals surface area contributed by atoms with Crippen molar-refractivity contribution in [1.29, 1.82) is 0 Å². The van der Waals surface area contributed by atoms with E-state index in [0.29, 0.717) is 5.07 Å². The molecule has 0 spiro atoms. The predicted molar refractivity (Wildman–Crippen MR) is 50.9 cm³/mol. The van der Waals surface area contributed by atoms with E-state index in [4.69, 9.17) is 0 Å². The minimum absolute atomic E-state index is 0.194. The van der Waals surface area contributed by atoms with Gasteiger partial charge in [0.15, 0.2) is 0 Å². The molecule has 0 rings (SSSR count). The molecule has 0 aliphatic carbocycles. The third kappa shape index (κ3) is 4.42. The SMILES string of the molecule is CCOC(=O)C([AsH]C=O)C(=O)OCC. The maximum absolute atomic E-state index is 11.2. The molecule has 5 nitrogen and oxygen atoms in total. The summed E-state index contributed by atoms with van der Waals surface area (Å²) in [6.07, 6.45) is 0. The van der Waals surface area contributed by atoms with Crippen LogP contribution in [0.25, 0.3) is 0 Å². The Morgan fingerprint density at radius 1 is 1.21 bits per heavy atom. The van der Waals surface area contributed by atoms with Gasteiger partial charge in [-0.3, -0.25) is 0 Å². The van der Waals surface area contributed by atoms with E-state index in [1.54, 1.807) is 13.8 Å². The Morgan fingerprint density at radius 3 is 1.93 bits per heavy atom. The summed E-state index contributed by atoms with van der Waals surface area (Å²) >= 11 is -1.31. The first-order chi connectivity index (χ1) is 6.67. The van der Waals surface area contributed by atoms with Gasteiger partial charge in [-0.2, -0.15) is 0 Å². The van der Waals surface area contributed by atoms with Crippen LogP contribution in [0.1, 0.15) is 13.8 Å². The second kappa shape index (κ2) is 7.56. The van der Waals surface area contributed by atoms with Crippen molar-refractivity contribution in [3.05, 3.63) is 0 Å². The van der Waals surface area contributed by atoms with E-state index in [-0.39, 0.29) is 13.2 Å². The number of ether oxygens (including phenoxy) is 2. The zero-order valence-electron chi connectivity index (χ0n) is 8.11. The number of carbonyl (C=O) groups is 3. The third-order valence-corrected chi connectivity index (χ3v) is 3.25. The van der Waals surface area contributed by atoms with Gasteiger partial charge in [0.1, 0.15) is 0 Å². The molecule has 0 saturated heterocycles. The quantitative estimate of drug-likeness (QED) is 0.281. The van der Waals surface area contributed by atoms with Crippen molar-refractivity contribution in [2.75, 3.05) is 13.2 Å². The summed E-state index contributed by atoms with van der Waals surface area (Å²) in [6, 6.07) is 0. The van der Waals surface area contributed by atoms with Crippen LogP contribution in [0.3, 0.4) is 0 Å². The second-order valence-corrected chi connectivity index (χ2v) is 4.63. The summed E-state index contributed by atoms with van der Waals surface area (Å²) in [5.74, 6) is -1.31. The molecule has 0 bridgehead atoms. The van der Waals surface area contributed by atoms with Gasteiger partial charge in [0, 0.05) is 0 Å². The third-order valence-electron chi connectivity index (χ3n) is 1.28. The average Bonchev–Trinajstić information content (AvgIpc) is 2.14. The van der Waals surface area contributed by atoms with Crippen LogP contribution in [0.4, 0.5) is 0 Å². The van der Waals surface area contributed by atoms with Crippen molar-refractivity contribution < 1.29 is 23.9 Å². The molecule has 0 N–H and O–H groups in total. The first-order valence-electron chi connectivity index (χ1n) is 4.20. The molecule has 6 heteroatoms. The van der Waals surface area contributed by atoms with E-state index in [1.807, 2.05) is 0 Å². The molecule has 1 atom stereocenters. The van der Waals surface area contributed by atoms with Gasteiger partial charge in [-0.05, 0) is 0 Å². The molecule has 0 radical (unpaired) electrons. The van der Waals surface area contributed by atoms with Crippen molar-refractivity contribution in [1.82, 2.24) is 0 Å². The summed E-state index contributed by atoms with van der Waals surface area (Å²) in [7, 11) is 0. The standard InChI is InChI=1S/C8H13AsO5/c1-3-13-7(11)6(9-5-10)8(12)14-4-2/h5-6,9H,3-4H2,1-2H3. The maximum atomic E-state index is 11.2. The Morgan fingerprint density at radius 2 is 1.64 bits per heavy atom. The van der Waals surface area contributed by atoms with Gasteiger partial charge in [-0.1, -0.05) is 0 Å². The monoisotopic (exact) mass is 264 g/mol. The van der Waals surface area contributed by atoms with Crippen molar-refractivity contribution in [3.63, 3.8) is 0 Å². The van der Waals surface area contributed by atoms with Crippen LogP contribution in [0.15, 0.2) is 0 Å². The molecular formula is C8H13AsO5.